The zero-order chi connectivity index (χ0) is 9.68. The molecule has 0 radical (unpaired) electrons. The molecule has 1 aromatic rings. The van der Waals surface area contributed by atoms with E-state index in [1.54, 1.807) is 0 Å². The van der Waals surface area contributed by atoms with Gasteiger partial charge >= 0.3 is 0 Å². The van der Waals surface area contributed by atoms with Gasteiger partial charge in [-0.15, -0.1) is 0 Å². The van der Waals surface area contributed by atoms with Crippen molar-refractivity contribution < 1.29 is 0 Å². The van der Waals surface area contributed by atoms with Crippen LogP contribution in [0.2, 0.25) is 0 Å². The van der Waals surface area contributed by atoms with Crippen molar-refractivity contribution >= 4 is 0 Å². The van der Waals surface area contributed by atoms with Crippen LogP contribution < -0.4 is 0 Å². The van der Waals surface area contributed by atoms with Gasteiger partial charge in [0.2, 0.25) is 0 Å². The number of hydrogen-bond donors (Lipinski definition) is 0. The van der Waals surface area contributed by atoms with Crippen molar-refractivity contribution in [1.82, 2.24) is 14.8 Å². The van der Waals surface area contributed by atoms with Gasteiger partial charge in [0.05, 0.1) is 0 Å². The fourth-order valence-electron chi connectivity index (χ4n) is 1.48. The molecule has 0 aromatic carbocycles. The molecule has 3 nitrogen and oxygen atoms in total. The maximum absolute atomic E-state index is 4.42. The van der Waals surface area contributed by atoms with E-state index in [4.69, 9.17) is 0 Å². The molecule has 0 saturated carbocycles. The zero-order valence-electron chi connectivity index (χ0n) is 8.88. The highest BCUT2D eigenvalue weighted by Crippen LogP contribution is 2.11. The zero-order valence-corrected chi connectivity index (χ0v) is 8.88. The van der Waals surface area contributed by atoms with E-state index in [1.807, 2.05) is 13.8 Å². The Morgan fingerprint density at radius 3 is 2.69 bits per heavy atom. The van der Waals surface area contributed by atoms with E-state index in [0.29, 0.717) is 0 Å². The lowest BCUT2D eigenvalue weighted by Crippen LogP contribution is -2.11. The fourth-order valence-corrected chi connectivity index (χ4v) is 1.48. The first kappa shape index (κ1) is 10.2. The largest absolute Gasteiger partial charge is 0.250 e. The molecule has 0 atom stereocenters. The summed E-state index contributed by atoms with van der Waals surface area (Å²) in [4.78, 5) is 4.42. The van der Waals surface area contributed by atoms with Crippen LogP contribution in [0.25, 0.3) is 0 Å². The van der Waals surface area contributed by atoms with E-state index in [0.717, 1.165) is 25.2 Å². The second kappa shape index (κ2) is 5.00. The van der Waals surface area contributed by atoms with E-state index < -0.39 is 0 Å². The Bertz CT molecular complexity index is 229. The van der Waals surface area contributed by atoms with Crippen molar-refractivity contribution in [3.05, 3.63) is 11.6 Å². The normalized spacial score (nSPS) is 14.4. The molecule has 0 N–H and O–H groups in total. The van der Waals surface area contributed by atoms with Gasteiger partial charge < -0.3 is 0 Å². The van der Waals surface area contributed by atoms with E-state index in [2.05, 4.69) is 21.7 Å². The molecule has 0 unspecified atom stereocenters. The first-order valence-corrected chi connectivity index (χ1v) is 5.32. The molecule has 0 saturated heterocycles. The average Bonchev–Trinajstić information content (AvgIpc) is 2.63. The molecular formula is C10H19N3. The molecule has 1 aromatic heterocycles. The molecule has 2 heterocycles. The van der Waals surface area contributed by atoms with Gasteiger partial charge in [-0.25, -0.2) is 9.67 Å². The van der Waals surface area contributed by atoms with Gasteiger partial charge in [0, 0.05) is 19.4 Å². The van der Waals surface area contributed by atoms with E-state index >= 15 is 0 Å². The summed E-state index contributed by atoms with van der Waals surface area (Å²) >= 11 is 0. The fraction of sp³-hybridized carbons (Fsp3) is 0.800. The van der Waals surface area contributed by atoms with Gasteiger partial charge in [0.15, 0.2) is 5.82 Å². The van der Waals surface area contributed by atoms with Crippen LogP contribution in [0, 0.1) is 0 Å². The number of nitrogens with zero attached hydrogens (tertiary/aromatic N) is 3. The Hall–Kier alpha value is -0.860. The monoisotopic (exact) mass is 181 g/mol. The van der Waals surface area contributed by atoms with Crippen LogP contribution in [0.1, 0.15) is 45.3 Å². The maximum atomic E-state index is 4.42. The highest BCUT2D eigenvalue weighted by molar-refractivity contribution is 4.95. The minimum absolute atomic E-state index is 0.958. The summed E-state index contributed by atoms with van der Waals surface area (Å²) in [6, 6.07) is 0. The molecular weight excluding hydrogens is 162 g/mol. The van der Waals surface area contributed by atoms with Crippen LogP contribution in [-0.2, 0) is 19.4 Å². The van der Waals surface area contributed by atoms with Crippen molar-refractivity contribution in [2.75, 3.05) is 0 Å². The maximum Gasteiger partial charge on any atom is 0.150 e. The topological polar surface area (TPSA) is 30.7 Å². The van der Waals surface area contributed by atoms with Crippen molar-refractivity contribution in [2.24, 2.45) is 0 Å². The Kier molecular flexibility index (Phi) is 3.93. The molecule has 2 rings (SSSR count). The number of aromatic nitrogens is 3. The van der Waals surface area contributed by atoms with Gasteiger partial charge in [0.25, 0.3) is 0 Å². The highest BCUT2D eigenvalue weighted by atomic mass is 15.3. The lowest BCUT2D eigenvalue weighted by atomic mass is 10.2. The second-order valence-electron chi connectivity index (χ2n) is 2.98. The van der Waals surface area contributed by atoms with E-state index in [-0.39, 0.29) is 0 Å². The van der Waals surface area contributed by atoms with Gasteiger partial charge in [-0.2, -0.15) is 5.10 Å². The van der Waals surface area contributed by atoms with E-state index in [1.165, 1.54) is 18.7 Å². The molecule has 13 heavy (non-hydrogen) atoms. The second-order valence-corrected chi connectivity index (χ2v) is 2.98. The Morgan fingerprint density at radius 2 is 2.08 bits per heavy atom. The first-order chi connectivity index (χ1) is 6.40. The standard InChI is InChI=1S/C8H13N3.C2H6/c1-2-7-9-8-5-3-4-6-11(8)10-7;1-2/h2-6H2,1H3;1-2H3. The van der Waals surface area contributed by atoms with E-state index in [9.17, 15) is 0 Å². The van der Waals surface area contributed by atoms with Gasteiger partial charge in [-0.1, -0.05) is 20.8 Å². The van der Waals surface area contributed by atoms with Crippen molar-refractivity contribution in [2.45, 2.75) is 53.0 Å². The van der Waals surface area contributed by atoms with Crippen LogP contribution in [0.5, 0.6) is 0 Å². The number of rotatable bonds is 1. The minimum atomic E-state index is 0.958. The molecule has 1 aliphatic rings. The summed E-state index contributed by atoms with van der Waals surface area (Å²) in [5.74, 6) is 2.19. The van der Waals surface area contributed by atoms with Crippen molar-refractivity contribution in [3.8, 4) is 0 Å². The number of aryl methyl sites for hydroxylation is 3. The minimum Gasteiger partial charge on any atom is -0.250 e. The predicted molar refractivity (Wildman–Crippen MR) is 53.7 cm³/mol. The molecule has 0 bridgehead atoms. The predicted octanol–water partition coefficient (Wildman–Crippen LogP) is 2.20. The molecule has 74 valence electrons. The van der Waals surface area contributed by atoms with Gasteiger partial charge in [0.1, 0.15) is 5.82 Å². The van der Waals surface area contributed by atoms with Crippen molar-refractivity contribution in [3.63, 3.8) is 0 Å². The Morgan fingerprint density at radius 1 is 1.31 bits per heavy atom. The average molecular weight is 181 g/mol. The van der Waals surface area contributed by atoms with Crippen LogP contribution >= 0.6 is 0 Å². The molecule has 3 heteroatoms. The summed E-state index contributed by atoms with van der Waals surface area (Å²) < 4.78 is 2.06. The first-order valence-electron chi connectivity index (χ1n) is 5.32. The third-order valence-corrected chi connectivity index (χ3v) is 2.13. The lowest BCUT2D eigenvalue weighted by Gasteiger charge is -2.09. The Balaban J connectivity index is 0.000000396. The van der Waals surface area contributed by atoms with Crippen LogP contribution in [-0.4, -0.2) is 14.8 Å². The number of fused-ring (bicyclic) bond motifs is 1. The third-order valence-electron chi connectivity index (χ3n) is 2.13. The van der Waals surface area contributed by atoms with Crippen LogP contribution in [0.15, 0.2) is 0 Å². The SMILES string of the molecule is CC.CCc1nc2n(n1)CCCC2. The van der Waals surface area contributed by atoms with Crippen LogP contribution in [0.4, 0.5) is 0 Å². The van der Waals surface area contributed by atoms with Gasteiger partial charge in [-0.05, 0) is 12.8 Å². The smallest absolute Gasteiger partial charge is 0.150 e. The summed E-state index contributed by atoms with van der Waals surface area (Å²) in [6.07, 6.45) is 4.62. The molecule has 0 amide bonds. The summed E-state index contributed by atoms with van der Waals surface area (Å²) in [7, 11) is 0. The molecule has 0 spiro atoms. The summed E-state index contributed by atoms with van der Waals surface area (Å²) in [5.41, 5.74) is 0. The summed E-state index contributed by atoms with van der Waals surface area (Å²) in [5, 5.41) is 4.37. The highest BCUT2D eigenvalue weighted by Gasteiger charge is 2.11. The number of hydrogen-bond acceptors (Lipinski definition) is 2. The lowest BCUT2D eigenvalue weighted by molar-refractivity contribution is 0.478. The third kappa shape index (κ3) is 2.29. The molecule has 1 aliphatic heterocycles. The Labute approximate surface area is 80.2 Å². The van der Waals surface area contributed by atoms with Crippen LogP contribution in [0.3, 0.4) is 0 Å². The molecule has 0 fully saturated rings. The quantitative estimate of drug-likeness (QED) is 0.665. The van der Waals surface area contributed by atoms with Gasteiger partial charge in [-0.3, -0.25) is 0 Å². The van der Waals surface area contributed by atoms with Crippen molar-refractivity contribution in [1.29, 1.82) is 0 Å². The summed E-state index contributed by atoms with van der Waals surface area (Å²) in [6.45, 7) is 7.17. The molecule has 0 aliphatic carbocycles.